The molecule has 0 radical (unpaired) electrons. The van der Waals surface area contributed by atoms with E-state index >= 15 is 0 Å². The molecular formula is C12H14F3NO. The molecule has 5 heteroatoms. The van der Waals surface area contributed by atoms with Crippen LogP contribution in [0.2, 0.25) is 0 Å². The predicted molar refractivity (Wildman–Crippen MR) is 58.8 cm³/mol. The van der Waals surface area contributed by atoms with Gasteiger partial charge in [-0.3, -0.25) is 0 Å². The summed E-state index contributed by atoms with van der Waals surface area (Å²) < 4.78 is 37.6. The van der Waals surface area contributed by atoms with Crippen LogP contribution in [0.3, 0.4) is 0 Å². The number of alkyl halides is 3. The molecule has 0 bridgehead atoms. The molecular weight excluding hydrogens is 231 g/mol. The Bertz CT molecular complexity index is 392. The Balaban J connectivity index is 2.17. The lowest BCUT2D eigenvalue weighted by atomic mass is 10.1. The first-order chi connectivity index (χ1) is 8.00. The summed E-state index contributed by atoms with van der Waals surface area (Å²) in [5.41, 5.74) is -0.0433. The number of aliphatic hydroxyl groups is 1. The standard InChI is InChI=1S/C12H14F3NO/c13-12(14,15)10-2-1-3-11(6-10)16-5-4-9(7-16)8-17/h1-3,6,9,17H,4-5,7-8H2/t9-/m0/s1. The van der Waals surface area contributed by atoms with Crippen LogP contribution in [0, 0.1) is 5.92 Å². The van der Waals surface area contributed by atoms with Gasteiger partial charge in [0.1, 0.15) is 0 Å². The second-order valence-corrected chi connectivity index (χ2v) is 4.33. The number of aliphatic hydroxyl groups excluding tert-OH is 1. The van der Waals surface area contributed by atoms with Crippen LogP contribution < -0.4 is 4.90 Å². The Hall–Kier alpha value is -1.23. The maximum absolute atomic E-state index is 12.5. The van der Waals surface area contributed by atoms with Crippen LogP contribution in [0.4, 0.5) is 18.9 Å². The van der Waals surface area contributed by atoms with Crippen molar-refractivity contribution in [1.82, 2.24) is 0 Å². The van der Waals surface area contributed by atoms with Gasteiger partial charge in [-0.1, -0.05) is 6.07 Å². The van der Waals surface area contributed by atoms with Crippen molar-refractivity contribution in [3.05, 3.63) is 29.8 Å². The maximum atomic E-state index is 12.5. The Morgan fingerprint density at radius 2 is 2.12 bits per heavy atom. The summed E-state index contributed by atoms with van der Waals surface area (Å²) in [4.78, 5) is 1.89. The van der Waals surface area contributed by atoms with E-state index in [1.807, 2.05) is 4.90 Å². The van der Waals surface area contributed by atoms with Gasteiger partial charge in [0.05, 0.1) is 5.56 Å². The topological polar surface area (TPSA) is 23.5 Å². The van der Waals surface area contributed by atoms with E-state index < -0.39 is 11.7 Å². The number of nitrogens with zero attached hydrogens (tertiary/aromatic N) is 1. The predicted octanol–water partition coefficient (Wildman–Crippen LogP) is 2.52. The van der Waals surface area contributed by atoms with E-state index in [1.54, 1.807) is 6.07 Å². The first-order valence-electron chi connectivity index (χ1n) is 5.54. The van der Waals surface area contributed by atoms with E-state index in [0.717, 1.165) is 12.5 Å². The van der Waals surface area contributed by atoms with Crippen LogP contribution in [0.5, 0.6) is 0 Å². The van der Waals surface area contributed by atoms with Gasteiger partial charge in [0.2, 0.25) is 0 Å². The normalized spacial score (nSPS) is 20.9. The molecule has 1 saturated heterocycles. The summed E-state index contributed by atoms with van der Waals surface area (Å²) in [5, 5.41) is 9.01. The number of halogens is 3. The average Bonchev–Trinajstić information content (AvgIpc) is 2.76. The van der Waals surface area contributed by atoms with Gasteiger partial charge in [-0.05, 0) is 24.6 Å². The van der Waals surface area contributed by atoms with Crippen molar-refractivity contribution in [2.45, 2.75) is 12.6 Å². The first kappa shape index (κ1) is 12.2. The monoisotopic (exact) mass is 245 g/mol. The molecule has 0 amide bonds. The number of benzene rings is 1. The molecule has 1 aromatic carbocycles. The van der Waals surface area contributed by atoms with Crippen LogP contribution in [-0.2, 0) is 6.18 Å². The molecule has 0 spiro atoms. The summed E-state index contributed by atoms with van der Waals surface area (Å²) in [7, 11) is 0. The van der Waals surface area contributed by atoms with Gasteiger partial charge in [-0.15, -0.1) is 0 Å². The van der Waals surface area contributed by atoms with E-state index in [1.165, 1.54) is 12.1 Å². The average molecular weight is 245 g/mol. The maximum Gasteiger partial charge on any atom is 0.416 e. The van der Waals surface area contributed by atoms with Crippen molar-refractivity contribution in [1.29, 1.82) is 0 Å². The second-order valence-electron chi connectivity index (χ2n) is 4.33. The third-order valence-corrected chi connectivity index (χ3v) is 3.08. The van der Waals surface area contributed by atoms with Crippen molar-refractivity contribution < 1.29 is 18.3 Å². The van der Waals surface area contributed by atoms with Crippen molar-refractivity contribution in [3.63, 3.8) is 0 Å². The SMILES string of the molecule is OC[C@H]1CCN(c2cccc(C(F)(F)F)c2)C1. The van der Waals surface area contributed by atoms with Gasteiger partial charge >= 0.3 is 6.18 Å². The third kappa shape index (κ3) is 2.72. The van der Waals surface area contributed by atoms with Crippen LogP contribution >= 0.6 is 0 Å². The van der Waals surface area contributed by atoms with E-state index in [2.05, 4.69) is 0 Å². The molecule has 1 atom stereocenters. The molecule has 17 heavy (non-hydrogen) atoms. The van der Waals surface area contributed by atoms with Crippen LogP contribution in [0.15, 0.2) is 24.3 Å². The van der Waals surface area contributed by atoms with Gasteiger partial charge in [0.25, 0.3) is 0 Å². The summed E-state index contributed by atoms with van der Waals surface area (Å²) in [6.07, 6.45) is -3.47. The fourth-order valence-corrected chi connectivity index (χ4v) is 2.10. The first-order valence-corrected chi connectivity index (χ1v) is 5.54. The fourth-order valence-electron chi connectivity index (χ4n) is 2.10. The largest absolute Gasteiger partial charge is 0.416 e. The molecule has 2 rings (SSSR count). The van der Waals surface area contributed by atoms with Gasteiger partial charge in [-0.25, -0.2) is 0 Å². The lowest BCUT2D eigenvalue weighted by Gasteiger charge is -2.19. The molecule has 1 fully saturated rings. The van der Waals surface area contributed by atoms with Crippen LogP contribution in [0.25, 0.3) is 0 Å². The van der Waals surface area contributed by atoms with Crippen LogP contribution in [-0.4, -0.2) is 24.8 Å². The van der Waals surface area contributed by atoms with Crippen LogP contribution in [0.1, 0.15) is 12.0 Å². The quantitative estimate of drug-likeness (QED) is 0.865. The minimum Gasteiger partial charge on any atom is -0.396 e. The molecule has 1 aliphatic heterocycles. The summed E-state index contributed by atoms with van der Waals surface area (Å²) >= 11 is 0. The number of hydrogen-bond donors (Lipinski definition) is 1. The zero-order valence-corrected chi connectivity index (χ0v) is 9.24. The van der Waals surface area contributed by atoms with E-state index in [4.69, 9.17) is 5.11 Å². The fraction of sp³-hybridized carbons (Fsp3) is 0.500. The number of anilines is 1. The molecule has 0 saturated carbocycles. The molecule has 1 aromatic rings. The zero-order chi connectivity index (χ0) is 12.5. The Kier molecular flexibility index (Phi) is 3.28. The minimum absolute atomic E-state index is 0.0927. The lowest BCUT2D eigenvalue weighted by Crippen LogP contribution is -2.21. The molecule has 1 N–H and O–H groups in total. The minimum atomic E-state index is -4.30. The van der Waals surface area contributed by atoms with E-state index in [9.17, 15) is 13.2 Å². The van der Waals surface area contributed by atoms with Gasteiger partial charge in [0.15, 0.2) is 0 Å². The van der Waals surface area contributed by atoms with Gasteiger partial charge in [0, 0.05) is 31.3 Å². The molecule has 94 valence electrons. The van der Waals surface area contributed by atoms with Crippen molar-refractivity contribution in [2.75, 3.05) is 24.6 Å². The van der Waals surface area contributed by atoms with Crippen molar-refractivity contribution >= 4 is 5.69 Å². The Morgan fingerprint density at radius 3 is 2.71 bits per heavy atom. The Morgan fingerprint density at radius 1 is 1.35 bits per heavy atom. The summed E-state index contributed by atoms with van der Waals surface area (Å²) in [6.45, 7) is 1.42. The third-order valence-electron chi connectivity index (χ3n) is 3.08. The molecule has 2 nitrogen and oxygen atoms in total. The van der Waals surface area contributed by atoms with Gasteiger partial charge in [-0.2, -0.15) is 13.2 Å². The Labute approximate surface area is 97.7 Å². The summed E-state index contributed by atoms with van der Waals surface area (Å²) in [6, 6.07) is 5.34. The highest BCUT2D eigenvalue weighted by Crippen LogP contribution is 2.32. The smallest absolute Gasteiger partial charge is 0.396 e. The molecule has 1 aliphatic rings. The lowest BCUT2D eigenvalue weighted by molar-refractivity contribution is -0.137. The van der Waals surface area contributed by atoms with Crippen molar-refractivity contribution in [3.8, 4) is 0 Å². The molecule has 0 aliphatic carbocycles. The second kappa shape index (κ2) is 4.56. The van der Waals surface area contributed by atoms with E-state index in [0.29, 0.717) is 18.8 Å². The summed E-state index contributed by atoms with van der Waals surface area (Å²) in [5.74, 6) is 0.171. The molecule has 0 aromatic heterocycles. The molecule has 1 heterocycles. The highest BCUT2D eigenvalue weighted by Gasteiger charge is 2.31. The van der Waals surface area contributed by atoms with Crippen molar-refractivity contribution in [2.24, 2.45) is 5.92 Å². The highest BCUT2D eigenvalue weighted by atomic mass is 19.4. The zero-order valence-electron chi connectivity index (χ0n) is 9.24. The number of hydrogen-bond acceptors (Lipinski definition) is 2. The molecule has 0 unspecified atom stereocenters. The van der Waals surface area contributed by atoms with Gasteiger partial charge < -0.3 is 10.0 Å². The number of rotatable bonds is 2. The van der Waals surface area contributed by atoms with E-state index in [-0.39, 0.29) is 12.5 Å². The highest BCUT2D eigenvalue weighted by molar-refractivity contribution is 5.50.